The third-order valence-electron chi connectivity index (χ3n) is 5.51. The number of rotatable bonds is 5. The zero-order valence-electron chi connectivity index (χ0n) is 12.9. The second-order valence-electron chi connectivity index (χ2n) is 7.10. The van der Waals surface area contributed by atoms with Gasteiger partial charge >= 0.3 is 0 Å². The minimum Gasteiger partial charge on any atom is -0.326 e. The number of hydrogen-bond donors (Lipinski definition) is 1. The van der Waals surface area contributed by atoms with Gasteiger partial charge in [0.15, 0.2) is 0 Å². The highest BCUT2D eigenvalue weighted by Crippen LogP contribution is 2.48. The van der Waals surface area contributed by atoms with Crippen LogP contribution in [0.15, 0.2) is 18.2 Å². The van der Waals surface area contributed by atoms with Gasteiger partial charge < -0.3 is 10.6 Å². The highest BCUT2D eigenvalue weighted by molar-refractivity contribution is 5.30. The maximum absolute atomic E-state index is 5.70. The summed E-state index contributed by atoms with van der Waals surface area (Å²) in [6.45, 7) is 5.20. The molecule has 0 radical (unpaired) electrons. The first-order valence-electron chi connectivity index (χ1n) is 8.12. The Morgan fingerprint density at radius 3 is 2.70 bits per heavy atom. The minimum atomic E-state index is 0.641. The Kier molecular flexibility index (Phi) is 4.13. The molecule has 0 spiro atoms. The van der Waals surface area contributed by atoms with Crippen molar-refractivity contribution in [1.29, 1.82) is 0 Å². The lowest BCUT2D eigenvalue weighted by Gasteiger charge is -2.27. The molecule has 20 heavy (non-hydrogen) atoms. The minimum absolute atomic E-state index is 0.641. The van der Waals surface area contributed by atoms with E-state index in [1.807, 2.05) is 0 Å². The van der Waals surface area contributed by atoms with Crippen molar-refractivity contribution in [2.45, 2.75) is 45.7 Å². The lowest BCUT2D eigenvalue weighted by molar-refractivity contribution is 0.214. The summed E-state index contributed by atoms with van der Waals surface area (Å²) in [6.07, 6.45) is 6.00. The van der Waals surface area contributed by atoms with Crippen LogP contribution >= 0.6 is 0 Å². The molecule has 3 unspecified atom stereocenters. The SMILES string of the molecule is Cc1cc(CN)ccc1CN(C)CC1CC2CCC1C2. The second-order valence-corrected chi connectivity index (χ2v) is 7.10. The molecule has 2 nitrogen and oxygen atoms in total. The summed E-state index contributed by atoms with van der Waals surface area (Å²) >= 11 is 0. The van der Waals surface area contributed by atoms with Crippen LogP contribution in [0.3, 0.4) is 0 Å². The van der Waals surface area contributed by atoms with Gasteiger partial charge in [-0.3, -0.25) is 0 Å². The molecule has 110 valence electrons. The molecule has 2 fully saturated rings. The van der Waals surface area contributed by atoms with Crippen LogP contribution in [-0.2, 0) is 13.1 Å². The molecule has 2 aliphatic carbocycles. The molecule has 2 N–H and O–H groups in total. The van der Waals surface area contributed by atoms with Crippen molar-refractivity contribution in [3.05, 3.63) is 34.9 Å². The van der Waals surface area contributed by atoms with Gasteiger partial charge in [-0.15, -0.1) is 0 Å². The molecule has 0 heterocycles. The Morgan fingerprint density at radius 2 is 2.10 bits per heavy atom. The molecule has 0 aliphatic heterocycles. The Hall–Kier alpha value is -0.860. The van der Waals surface area contributed by atoms with Crippen molar-refractivity contribution < 1.29 is 0 Å². The topological polar surface area (TPSA) is 29.3 Å². The van der Waals surface area contributed by atoms with Gasteiger partial charge in [0.2, 0.25) is 0 Å². The molecule has 2 bridgehead atoms. The lowest BCUT2D eigenvalue weighted by atomic mass is 9.88. The zero-order chi connectivity index (χ0) is 14.1. The van der Waals surface area contributed by atoms with Crippen LogP contribution in [0.2, 0.25) is 0 Å². The summed E-state index contributed by atoms with van der Waals surface area (Å²) in [5.41, 5.74) is 9.78. The summed E-state index contributed by atoms with van der Waals surface area (Å²) in [7, 11) is 2.28. The van der Waals surface area contributed by atoms with Gasteiger partial charge in [-0.1, -0.05) is 24.6 Å². The first-order valence-corrected chi connectivity index (χ1v) is 8.12. The van der Waals surface area contributed by atoms with E-state index in [1.165, 1.54) is 48.9 Å². The van der Waals surface area contributed by atoms with Gasteiger partial charge in [0.05, 0.1) is 0 Å². The molecule has 2 aliphatic rings. The van der Waals surface area contributed by atoms with Crippen LogP contribution in [0.5, 0.6) is 0 Å². The number of nitrogens with zero attached hydrogens (tertiary/aromatic N) is 1. The molecule has 2 saturated carbocycles. The smallest absolute Gasteiger partial charge is 0.0233 e. The lowest BCUT2D eigenvalue weighted by Crippen LogP contribution is -2.28. The van der Waals surface area contributed by atoms with Gasteiger partial charge in [-0.2, -0.15) is 0 Å². The van der Waals surface area contributed by atoms with Crippen molar-refractivity contribution in [3.8, 4) is 0 Å². The van der Waals surface area contributed by atoms with Crippen LogP contribution in [-0.4, -0.2) is 18.5 Å². The van der Waals surface area contributed by atoms with E-state index in [0.29, 0.717) is 6.54 Å². The number of nitrogens with two attached hydrogens (primary N) is 1. The Morgan fingerprint density at radius 1 is 1.25 bits per heavy atom. The van der Waals surface area contributed by atoms with E-state index in [1.54, 1.807) is 0 Å². The third-order valence-corrected chi connectivity index (χ3v) is 5.51. The van der Waals surface area contributed by atoms with Crippen LogP contribution in [0, 0.1) is 24.7 Å². The third kappa shape index (κ3) is 2.91. The number of hydrogen-bond acceptors (Lipinski definition) is 2. The maximum Gasteiger partial charge on any atom is 0.0233 e. The number of benzene rings is 1. The quantitative estimate of drug-likeness (QED) is 0.891. The molecule has 0 amide bonds. The van der Waals surface area contributed by atoms with Gasteiger partial charge in [-0.25, -0.2) is 0 Å². The zero-order valence-corrected chi connectivity index (χ0v) is 12.9. The van der Waals surface area contributed by atoms with E-state index in [0.717, 1.165) is 24.3 Å². The van der Waals surface area contributed by atoms with Crippen LogP contribution in [0.1, 0.15) is 42.4 Å². The maximum atomic E-state index is 5.70. The fraction of sp³-hybridized carbons (Fsp3) is 0.667. The number of aryl methyl sites for hydroxylation is 1. The Bertz CT molecular complexity index is 468. The summed E-state index contributed by atoms with van der Waals surface area (Å²) in [5, 5.41) is 0. The average Bonchev–Trinajstić information content (AvgIpc) is 3.03. The molecule has 0 aromatic heterocycles. The van der Waals surface area contributed by atoms with E-state index in [-0.39, 0.29) is 0 Å². The first-order chi connectivity index (χ1) is 9.65. The van der Waals surface area contributed by atoms with Crippen LogP contribution < -0.4 is 5.73 Å². The van der Waals surface area contributed by atoms with E-state index in [2.05, 4.69) is 37.1 Å². The summed E-state index contributed by atoms with van der Waals surface area (Å²) in [4.78, 5) is 2.52. The van der Waals surface area contributed by atoms with Gasteiger partial charge in [0.25, 0.3) is 0 Å². The van der Waals surface area contributed by atoms with E-state index < -0.39 is 0 Å². The van der Waals surface area contributed by atoms with Crippen molar-refractivity contribution in [2.24, 2.45) is 23.5 Å². The van der Waals surface area contributed by atoms with Gasteiger partial charge in [0, 0.05) is 19.6 Å². The molecule has 3 rings (SSSR count). The molecule has 1 aromatic rings. The predicted molar refractivity (Wildman–Crippen MR) is 84.3 cm³/mol. The van der Waals surface area contributed by atoms with Gasteiger partial charge in [-0.05, 0) is 67.7 Å². The Balaban J connectivity index is 1.57. The predicted octanol–water partition coefficient (Wildman–Crippen LogP) is 3.32. The molecule has 0 saturated heterocycles. The van der Waals surface area contributed by atoms with Crippen molar-refractivity contribution in [3.63, 3.8) is 0 Å². The normalized spacial score (nSPS) is 28.5. The van der Waals surface area contributed by atoms with Gasteiger partial charge in [0.1, 0.15) is 0 Å². The summed E-state index contributed by atoms with van der Waals surface area (Å²) in [5.74, 6) is 3.05. The fourth-order valence-electron chi connectivity index (χ4n) is 4.42. The van der Waals surface area contributed by atoms with Crippen molar-refractivity contribution in [1.82, 2.24) is 4.90 Å². The standard InChI is InChI=1S/C18H28N2/c1-13-7-15(10-19)4-6-17(13)11-20(2)12-18-9-14-3-5-16(18)8-14/h4,6-7,14,16,18H,3,5,8-12,19H2,1-2H3. The monoisotopic (exact) mass is 272 g/mol. The van der Waals surface area contributed by atoms with Crippen LogP contribution in [0.4, 0.5) is 0 Å². The summed E-state index contributed by atoms with van der Waals surface area (Å²) < 4.78 is 0. The highest BCUT2D eigenvalue weighted by Gasteiger charge is 2.39. The van der Waals surface area contributed by atoms with E-state index >= 15 is 0 Å². The molecule has 1 aromatic carbocycles. The number of fused-ring (bicyclic) bond motifs is 2. The van der Waals surface area contributed by atoms with Crippen molar-refractivity contribution >= 4 is 0 Å². The van der Waals surface area contributed by atoms with E-state index in [4.69, 9.17) is 5.73 Å². The summed E-state index contributed by atoms with van der Waals surface area (Å²) in [6, 6.07) is 6.67. The second kappa shape index (κ2) is 5.87. The average molecular weight is 272 g/mol. The Labute approximate surface area is 123 Å². The largest absolute Gasteiger partial charge is 0.326 e. The first kappa shape index (κ1) is 14.1. The van der Waals surface area contributed by atoms with Crippen molar-refractivity contribution in [2.75, 3.05) is 13.6 Å². The molecule has 2 heteroatoms. The van der Waals surface area contributed by atoms with E-state index in [9.17, 15) is 0 Å². The highest BCUT2D eigenvalue weighted by atomic mass is 15.1. The molecular formula is C18H28N2. The molecule has 3 atom stereocenters. The fourth-order valence-corrected chi connectivity index (χ4v) is 4.42. The molecular weight excluding hydrogens is 244 g/mol. The van der Waals surface area contributed by atoms with Crippen LogP contribution in [0.25, 0.3) is 0 Å².